The van der Waals surface area contributed by atoms with Crippen LogP contribution in [0.2, 0.25) is 0 Å². The number of nitrogens with zero attached hydrogens (tertiary/aromatic N) is 1. The van der Waals surface area contributed by atoms with Crippen LogP contribution in [0.25, 0.3) is 0 Å². The van der Waals surface area contributed by atoms with E-state index in [4.69, 9.17) is 0 Å². The highest BCUT2D eigenvalue weighted by atomic mass is 15.2. The van der Waals surface area contributed by atoms with Gasteiger partial charge in [-0.3, -0.25) is 0 Å². The van der Waals surface area contributed by atoms with Gasteiger partial charge in [-0.15, -0.1) is 0 Å². The Morgan fingerprint density at radius 1 is 0.962 bits per heavy atom. The maximum Gasteiger partial charge on any atom is 0.0500 e. The molecule has 1 aromatic carbocycles. The Hall–Kier alpha value is -2.48. The van der Waals surface area contributed by atoms with Gasteiger partial charge >= 0.3 is 0 Å². The number of para-hydroxylation sites is 1. The first-order valence-electron chi connectivity index (χ1n) is 9.93. The Bertz CT molecular complexity index is 878. The Morgan fingerprint density at radius 3 is 2.46 bits per heavy atom. The molecule has 0 atom stereocenters. The quantitative estimate of drug-likeness (QED) is 0.715. The van der Waals surface area contributed by atoms with E-state index in [1.54, 1.807) is 0 Å². The van der Waals surface area contributed by atoms with Crippen molar-refractivity contribution in [3.8, 4) is 0 Å². The van der Waals surface area contributed by atoms with E-state index in [0.717, 1.165) is 18.5 Å². The first-order valence-corrected chi connectivity index (χ1v) is 9.93. The summed E-state index contributed by atoms with van der Waals surface area (Å²) in [6.07, 6.45) is 11.1. The fourth-order valence-corrected chi connectivity index (χ4v) is 4.72. The van der Waals surface area contributed by atoms with Crippen LogP contribution >= 0.6 is 0 Å². The zero-order chi connectivity index (χ0) is 17.7. The number of benzene rings is 1. The van der Waals surface area contributed by atoms with Gasteiger partial charge in [0.25, 0.3) is 0 Å². The summed E-state index contributed by atoms with van der Waals surface area (Å²) in [5.41, 5.74) is 10.1. The predicted octanol–water partition coefficient (Wildman–Crippen LogP) is 5.95. The summed E-state index contributed by atoms with van der Waals surface area (Å²) in [6, 6.07) is 10.7. The monoisotopic (exact) mass is 342 g/mol. The second kappa shape index (κ2) is 6.05. The molecule has 2 aliphatic heterocycles. The highest BCUT2D eigenvalue weighted by molar-refractivity contribution is 5.74. The summed E-state index contributed by atoms with van der Waals surface area (Å²) in [4.78, 5) is 2.38. The molecule has 0 aromatic heterocycles. The second-order valence-electron chi connectivity index (χ2n) is 7.87. The summed E-state index contributed by atoms with van der Waals surface area (Å²) in [6.45, 7) is 9.03. The molecule has 5 rings (SSSR count). The maximum atomic E-state index is 4.54. The minimum atomic E-state index is 0.637. The number of anilines is 1. The van der Waals surface area contributed by atoms with Crippen molar-refractivity contribution in [1.29, 1.82) is 0 Å². The number of hydrogen-bond acceptors (Lipinski definition) is 2. The van der Waals surface area contributed by atoms with E-state index in [9.17, 15) is 0 Å². The topological polar surface area (TPSA) is 15.3 Å². The average molecular weight is 342 g/mol. The van der Waals surface area contributed by atoms with Crippen LogP contribution in [-0.2, 0) is 0 Å². The maximum absolute atomic E-state index is 4.54. The molecule has 1 aromatic rings. The molecule has 132 valence electrons. The molecule has 1 saturated carbocycles. The van der Waals surface area contributed by atoms with Gasteiger partial charge in [0.15, 0.2) is 0 Å². The fraction of sp³-hybridized carbons (Fsp3) is 0.333. The van der Waals surface area contributed by atoms with Gasteiger partial charge < -0.3 is 10.2 Å². The minimum Gasteiger partial charge on any atom is -0.358 e. The van der Waals surface area contributed by atoms with Crippen LogP contribution in [0.1, 0.15) is 44.9 Å². The summed E-state index contributed by atoms with van der Waals surface area (Å²) in [5.74, 6) is 0.637. The Labute approximate surface area is 156 Å². The molecule has 0 radical (unpaired) electrons. The van der Waals surface area contributed by atoms with Crippen LogP contribution in [0.15, 0.2) is 89.1 Å². The molecule has 0 bridgehead atoms. The van der Waals surface area contributed by atoms with Crippen molar-refractivity contribution in [3.63, 3.8) is 0 Å². The van der Waals surface area contributed by atoms with Crippen LogP contribution < -0.4 is 10.2 Å². The van der Waals surface area contributed by atoms with E-state index in [1.807, 2.05) is 0 Å². The lowest BCUT2D eigenvalue weighted by molar-refractivity contribution is 0.361. The summed E-state index contributed by atoms with van der Waals surface area (Å²) in [5, 5.41) is 3.76. The molecule has 2 heterocycles. The van der Waals surface area contributed by atoms with Gasteiger partial charge in [-0.2, -0.15) is 0 Å². The Kier molecular flexibility index (Phi) is 3.66. The number of allylic oxidation sites excluding steroid dienone is 5. The molecular formula is C24H26N2. The molecule has 1 fully saturated rings. The van der Waals surface area contributed by atoms with E-state index in [0.29, 0.717) is 5.92 Å². The average Bonchev–Trinajstić information content (AvgIpc) is 2.61. The second-order valence-corrected chi connectivity index (χ2v) is 7.87. The summed E-state index contributed by atoms with van der Waals surface area (Å²) < 4.78 is 0. The highest BCUT2D eigenvalue weighted by Crippen LogP contribution is 2.47. The molecule has 0 unspecified atom stereocenters. The lowest BCUT2D eigenvalue weighted by Gasteiger charge is -2.44. The normalized spacial score (nSPS) is 23.2. The van der Waals surface area contributed by atoms with Crippen molar-refractivity contribution in [3.05, 3.63) is 89.1 Å². The van der Waals surface area contributed by atoms with Crippen molar-refractivity contribution in [2.45, 2.75) is 44.9 Å². The summed E-state index contributed by atoms with van der Waals surface area (Å²) in [7, 11) is 0. The molecule has 1 N–H and O–H groups in total. The Balaban J connectivity index is 1.61. The molecule has 26 heavy (non-hydrogen) atoms. The van der Waals surface area contributed by atoms with Gasteiger partial charge in [0.05, 0.1) is 0 Å². The van der Waals surface area contributed by atoms with E-state index in [-0.39, 0.29) is 0 Å². The molecule has 2 aliphatic carbocycles. The number of hydrogen-bond donors (Lipinski definition) is 1. The summed E-state index contributed by atoms with van der Waals surface area (Å²) >= 11 is 0. The molecule has 2 nitrogen and oxygen atoms in total. The van der Waals surface area contributed by atoms with Gasteiger partial charge in [-0.05, 0) is 73.8 Å². The van der Waals surface area contributed by atoms with Crippen molar-refractivity contribution >= 4 is 5.69 Å². The Morgan fingerprint density at radius 2 is 1.73 bits per heavy atom. The standard InChI is InChI=1S/C24H26N2/c1-16-20-13-6-7-14-21(20)25-22-15-23(18-9-8-10-18)26(17(2)24(16)22)19-11-4-3-5-12-19/h3-5,11-12,15,18,25H,1-2,6-10,13-14H2. The first-order chi connectivity index (χ1) is 12.7. The van der Waals surface area contributed by atoms with Crippen molar-refractivity contribution in [2.24, 2.45) is 5.92 Å². The highest BCUT2D eigenvalue weighted by Gasteiger charge is 2.36. The lowest BCUT2D eigenvalue weighted by Crippen LogP contribution is -2.37. The van der Waals surface area contributed by atoms with Crippen LogP contribution in [0.5, 0.6) is 0 Å². The van der Waals surface area contributed by atoms with Gasteiger partial charge in [0.2, 0.25) is 0 Å². The van der Waals surface area contributed by atoms with Crippen molar-refractivity contribution in [1.82, 2.24) is 5.32 Å². The van der Waals surface area contributed by atoms with Crippen LogP contribution in [0, 0.1) is 5.92 Å². The van der Waals surface area contributed by atoms with Crippen LogP contribution in [-0.4, -0.2) is 0 Å². The fourth-order valence-electron chi connectivity index (χ4n) is 4.72. The van der Waals surface area contributed by atoms with Gasteiger partial charge in [0.1, 0.15) is 0 Å². The zero-order valence-electron chi connectivity index (χ0n) is 15.4. The molecular weight excluding hydrogens is 316 g/mol. The SMILES string of the molecule is C=C1C2=C(CCCC2)NC2=C1C(=C)N(c1ccccc1)C(C1CCC1)=C2. The minimum absolute atomic E-state index is 0.637. The van der Waals surface area contributed by atoms with Crippen molar-refractivity contribution in [2.75, 3.05) is 4.90 Å². The van der Waals surface area contributed by atoms with Crippen molar-refractivity contribution < 1.29 is 0 Å². The van der Waals surface area contributed by atoms with Gasteiger partial charge in [-0.1, -0.05) is 37.8 Å². The smallest absolute Gasteiger partial charge is 0.0500 e. The molecule has 0 amide bonds. The molecule has 2 heteroatoms. The van der Waals surface area contributed by atoms with Crippen LogP contribution in [0.4, 0.5) is 5.69 Å². The van der Waals surface area contributed by atoms with Crippen LogP contribution in [0.3, 0.4) is 0 Å². The number of nitrogens with one attached hydrogen (secondary N) is 1. The number of rotatable bonds is 2. The van der Waals surface area contributed by atoms with Gasteiger partial charge in [0, 0.05) is 34.0 Å². The molecule has 0 saturated heterocycles. The van der Waals surface area contributed by atoms with E-state index in [2.05, 4.69) is 59.8 Å². The van der Waals surface area contributed by atoms with E-state index in [1.165, 1.54) is 71.6 Å². The first kappa shape index (κ1) is 15.7. The third-order valence-corrected chi connectivity index (χ3v) is 6.34. The molecule has 0 spiro atoms. The number of dihydropyridines is 1. The largest absolute Gasteiger partial charge is 0.358 e. The third kappa shape index (κ3) is 2.32. The third-order valence-electron chi connectivity index (χ3n) is 6.34. The van der Waals surface area contributed by atoms with Gasteiger partial charge in [-0.25, -0.2) is 0 Å². The van der Waals surface area contributed by atoms with E-state index >= 15 is 0 Å². The predicted molar refractivity (Wildman–Crippen MR) is 108 cm³/mol. The lowest BCUT2D eigenvalue weighted by atomic mass is 9.77. The molecule has 4 aliphatic rings. The van der Waals surface area contributed by atoms with E-state index < -0.39 is 0 Å². The zero-order valence-corrected chi connectivity index (χ0v) is 15.4.